The van der Waals surface area contributed by atoms with Crippen molar-refractivity contribution in [3.8, 4) is 11.5 Å². The number of nitrogens with zero attached hydrogens (tertiary/aromatic N) is 2. The van der Waals surface area contributed by atoms with Crippen molar-refractivity contribution < 1.29 is 24.0 Å². The minimum absolute atomic E-state index is 0.0144. The number of ether oxygens (including phenoxy) is 2. The summed E-state index contributed by atoms with van der Waals surface area (Å²) in [5.41, 5.74) is 1.82. The van der Waals surface area contributed by atoms with Gasteiger partial charge >= 0.3 is 0 Å². The molecule has 33 heavy (non-hydrogen) atoms. The maximum absolute atomic E-state index is 13.5. The lowest BCUT2D eigenvalue weighted by molar-refractivity contribution is -0.384. The van der Waals surface area contributed by atoms with Gasteiger partial charge in [-0.05, 0) is 35.6 Å². The third kappa shape index (κ3) is 3.64. The Bertz CT molecular complexity index is 1250. The van der Waals surface area contributed by atoms with Crippen molar-refractivity contribution >= 4 is 34.7 Å². The Labute approximate surface area is 194 Å². The lowest BCUT2D eigenvalue weighted by atomic mass is 9.69. The van der Waals surface area contributed by atoms with Crippen LogP contribution in [-0.2, 0) is 9.59 Å². The summed E-state index contributed by atoms with van der Waals surface area (Å²) in [4.78, 5) is 39.0. The number of hydrogen-bond acceptors (Lipinski definition) is 6. The Balaban J connectivity index is 1.66. The Morgan fingerprint density at radius 1 is 1.09 bits per heavy atom. The lowest BCUT2D eigenvalue weighted by Crippen LogP contribution is -2.43. The molecule has 0 fully saturated rings. The average molecular weight is 469 g/mol. The van der Waals surface area contributed by atoms with Gasteiger partial charge in [-0.15, -0.1) is 0 Å². The zero-order valence-electron chi connectivity index (χ0n) is 18.1. The number of Topliss-reactive ketones (excluding diaryl/α,β-unsaturated/α-hetero) is 1. The van der Waals surface area contributed by atoms with Gasteiger partial charge in [-0.2, -0.15) is 0 Å². The smallest absolute Gasteiger partial charge is 0.271 e. The average Bonchev–Trinajstić information content (AvgIpc) is 3.20. The summed E-state index contributed by atoms with van der Waals surface area (Å²) in [6, 6.07) is 9.48. The highest BCUT2D eigenvalue weighted by Crippen LogP contribution is 2.50. The number of anilines is 1. The van der Waals surface area contributed by atoms with Crippen LogP contribution in [0.25, 0.3) is 0 Å². The Hall–Kier alpha value is -3.39. The number of nitro benzene ring substituents is 1. The van der Waals surface area contributed by atoms with Gasteiger partial charge in [0.15, 0.2) is 17.3 Å². The van der Waals surface area contributed by atoms with E-state index in [9.17, 15) is 19.7 Å². The van der Waals surface area contributed by atoms with Gasteiger partial charge in [-0.1, -0.05) is 31.5 Å². The van der Waals surface area contributed by atoms with Crippen molar-refractivity contribution in [3.05, 3.63) is 68.4 Å². The van der Waals surface area contributed by atoms with Crippen LogP contribution in [0.1, 0.15) is 44.6 Å². The highest BCUT2D eigenvalue weighted by Gasteiger charge is 2.45. The number of ketones is 1. The summed E-state index contributed by atoms with van der Waals surface area (Å²) in [7, 11) is 0. The second-order valence-electron chi connectivity index (χ2n) is 9.29. The lowest BCUT2D eigenvalue weighted by Gasteiger charge is -2.43. The largest absolute Gasteiger partial charge is 0.454 e. The molecule has 0 spiro atoms. The van der Waals surface area contributed by atoms with Gasteiger partial charge in [-0.3, -0.25) is 24.6 Å². The quantitative estimate of drug-likeness (QED) is 0.456. The molecule has 1 atom stereocenters. The van der Waals surface area contributed by atoms with E-state index in [0.717, 1.165) is 5.56 Å². The molecule has 2 aromatic rings. The molecular formula is C24H21ClN2O6. The number of nitro groups is 1. The van der Waals surface area contributed by atoms with Gasteiger partial charge in [0.2, 0.25) is 12.7 Å². The molecule has 8 nitrogen and oxygen atoms in total. The molecular weight excluding hydrogens is 448 g/mol. The summed E-state index contributed by atoms with van der Waals surface area (Å²) >= 11 is 6.39. The number of carbonyl (C=O) groups excluding carboxylic acids is 2. The standard InChI is InChI=1S/C24H21ClN2O6/c1-24(2)10-18-23(19(28)11-24)15(13-3-6-20-21(7-13)33-12-32-20)9-22(29)26(18)17-5-4-14(27(30)31)8-16(17)25/h3-8,15H,9-12H2,1-2H3. The van der Waals surface area contributed by atoms with Gasteiger partial charge < -0.3 is 9.47 Å². The van der Waals surface area contributed by atoms with Crippen LogP contribution in [0.2, 0.25) is 5.02 Å². The molecule has 0 N–H and O–H groups in total. The van der Waals surface area contributed by atoms with Gasteiger partial charge in [0.05, 0.1) is 15.6 Å². The molecule has 3 aliphatic rings. The number of benzene rings is 2. The predicted octanol–water partition coefficient (Wildman–Crippen LogP) is 5.14. The van der Waals surface area contributed by atoms with E-state index in [1.165, 1.54) is 23.1 Å². The van der Waals surface area contributed by atoms with Crippen LogP contribution in [-0.4, -0.2) is 23.4 Å². The van der Waals surface area contributed by atoms with Gasteiger partial charge in [0, 0.05) is 42.2 Å². The highest BCUT2D eigenvalue weighted by atomic mass is 35.5. The maximum Gasteiger partial charge on any atom is 0.271 e. The first kappa shape index (κ1) is 21.5. The number of hydrogen-bond donors (Lipinski definition) is 0. The topological polar surface area (TPSA) is 99.0 Å². The van der Waals surface area contributed by atoms with E-state index in [-0.39, 0.29) is 41.0 Å². The molecule has 2 aliphatic heterocycles. The molecule has 1 aliphatic carbocycles. The molecule has 0 radical (unpaired) electrons. The molecule has 0 saturated heterocycles. The normalized spacial score (nSPS) is 21.3. The van der Waals surface area contributed by atoms with Crippen molar-refractivity contribution in [2.24, 2.45) is 5.41 Å². The molecule has 2 aromatic carbocycles. The van der Waals surface area contributed by atoms with E-state index in [2.05, 4.69) is 0 Å². The third-order valence-electron chi connectivity index (χ3n) is 6.32. The van der Waals surface area contributed by atoms with Crippen LogP contribution in [0, 0.1) is 15.5 Å². The van der Waals surface area contributed by atoms with Crippen LogP contribution in [0.15, 0.2) is 47.7 Å². The van der Waals surface area contributed by atoms with Crippen molar-refractivity contribution in [1.82, 2.24) is 0 Å². The SMILES string of the molecule is CC1(C)CC(=O)C2=C(C1)N(c1ccc([N+](=O)[O-])cc1Cl)C(=O)CC2c1ccc2c(c1)OCO2. The summed E-state index contributed by atoms with van der Waals surface area (Å²) in [6.45, 7) is 4.10. The minimum atomic E-state index is -0.540. The number of rotatable bonds is 3. The molecule has 170 valence electrons. The fraction of sp³-hybridized carbons (Fsp3) is 0.333. The van der Waals surface area contributed by atoms with Crippen LogP contribution in [0.4, 0.5) is 11.4 Å². The van der Waals surface area contributed by atoms with Gasteiger partial charge in [-0.25, -0.2) is 0 Å². The van der Waals surface area contributed by atoms with E-state index < -0.39 is 10.8 Å². The monoisotopic (exact) mass is 468 g/mol. The van der Waals surface area contributed by atoms with Crippen LogP contribution < -0.4 is 14.4 Å². The summed E-state index contributed by atoms with van der Waals surface area (Å²) < 4.78 is 10.9. The summed E-state index contributed by atoms with van der Waals surface area (Å²) in [5.74, 6) is 0.563. The number of carbonyl (C=O) groups is 2. The van der Waals surface area contributed by atoms with Crippen LogP contribution in [0.3, 0.4) is 0 Å². The molecule has 0 aromatic heterocycles. The molecule has 0 bridgehead atoms. The van der Waals surface area contributed by atoms with E-state index in [1.807, 2.05) is 26.0 Å². The van der Waals surface area contributed by atoms with Crippen molar-refractivity contribution in [3.63, 3.8) is 0 Å². The van der Waals surface area contributed by atoms with E-state index in [1.54, 1.807) is 6.07 Å². The number of halogens is 1. The molecule has 9 heteroatoms. The zero-order valence-corrected chi connectivity index (χ0v) is 18.8. The van der Waals surface area contributed by atoms with E-state index in [0.29, 0.717) is 41.3 Å². The summed E-state index contributed by atoms with van der Waals surface area (Å²) in [5, 5.41) is 11.2. The fourth-order valence-corrected chi connectivity index (χ4v) is 5.16. The van der Waals surface area contributed by atoms with Gasteiger partial charge in [0.1, 0.15) is 0 Å². The predicted molar refractivity (Wildman–Crippen MR) is 121 cm³/mol. The number of non-ortho nitro benzene ring substituents is 1. The van der Waals surface area contributed by atoms with Crippen molar-refractivity contribution in [1.29, 1.82) is 0 Å². The van der Waals surface area contributed by atoms with E-state index >= 15 is 0 Å². The van der Waals surface area contributed by atoms with Crippen molar-refractivity contribution in [2.45, 2.75) is 39.0 Å². The first-order valence-corrected chi connectivity index (χ1v) is 10.9. The first-order chi connectivity index (χ1) is 15.6. The molecule has 2 heterocycles. The molecule has 1 unspecified atom stereocenters. The number of allylic oxidation sites excluding steroid dienone is 2. The van der Waals surface area contributed by atoms with Crippen molar-refractivity contribution in [2.75, 3.05) is 11.7 Å². The number of amides is 1. The Morgan fingerprint density at radius 2 is 1.85 bits per heavy atom. The Kier molecular flexibility index (Phi) is 4.93. The molecule has 0 saturated carbocycles. The fourth-order valence-electron chi connectivity index (χ4n) is 4.90. The Morgan fingerprint density at radius 3 is 2.58 bits per heavy atom. The highest BCUT2D eigenvalue weighted by molar-refractivity contribution is 6.34. The third-order valence-corrected chi connectivity index (χ3v) is 6.63. The second kappa shape index (κ2) is 7.59. The van der Waals surface area contributed by atoms with Gasteiger partial charge in [0.25, 0.3) is 5.69 Å². The van der Waals surface area contributed by atoms with E-state index in [4.69, 9.17) is 21.1 Å². The van der Waals surface area contributed by atoms with Crippen LogP contribution >= 0.6 is 11.6 Å². The first-order valence-electron chi connectivity index (χ1n) is 10.6. The minimum Gasteiger partial charge on any atom is -0.454 e. The van der Waals surface area contributed by atoms with Crippen LogP contribution in [0.5, 0.6) is 11.5 Å². The maximum atomic E-state index is 13.5. The molecule has 1 amide bonds. The zero-order chi connectivity index (χ0) is 23.5. The number of fused-ring (bicyclic) bond motifs is 1. The molecule has 5 rings (SSSR count). The second-order valence-corrected chi connectivity index (χ2v) is 9.70. The summed E-state index contributed by atoms with van der Waals surface area (Å²) in [6.07, 6.45) is 0.926.